The van der Waals surface area contributed by atoms with Crippen LogP contribution in [0.3, 0.4) is 0 Å². The molecule has 2 aliphatic heterocycles. The van der Waals surface area contributed by atoms with Crippen LogP contribution in [0, 0.1) is 5.92 Å². The fourth-order valence-corrected chi connectivity index (χ4v) is 4.41. The van der Waals surface area contributed by atoms with Crippen LogP contribution in [0.15, 0.2) is 54.6 Å². The third-order valence-electron chi connectivity index (χ3n) is 5.65. The van der Waals surface area contributed by atoms with Crippen molar-refractivity contribution in [3.63, 3.8) is 0 Å². The number of hydrogen-bond donors (Lipinski definition) is 0. The molecule has 2 aromatic carbocycles. The normalized spacial score (nSPS) is 21.8. The molecule has 1 amide bonds. The molecule has 2 saturated heterocycles. The van der Waals surface area contributed by atoms with Gasteiger partial charge in [0.2, 0.25) is 5.78 Å². The van der Waals surface area contributed by atoms with Crippen LogP contribution in [-0.4, -0.2) is 35.8 Å². The number of amides is 1. The molecule has 0 aromatic heterocycles. The summed E-state index contributed by atoms with van der Waals surface area (Å²) in [5.74, 6) is -0.0869. The van der Waals surface area contributed by atoms with Gasteiger partial charge in [0.15, 0.2) is 0 Å². The van der Waals surface area contributed by atoms with Crippen LogP contribution in [0.25, 0.3) is 0 Å². The lowest BCUT2D eigenvalue weighted by molar-refractivity contribution is -0.133. The Labute approximate surface area is 164 Å². The first-order chi connectivity index (χ1) is 13.1. The standard InChI is InChI=1S/C22H23ClN2O2/c23-18-7-4-8-19(14-18)25-21(15-20(26)22(25)27)24-11-9-17(10-12-24)13-16-5-2-1-3-6-16/h1-8,14,17,21H,9-13,15H2/t21-/m0/s1. The first-order valence-electron chi connectivity index (χ1n) is 9.52. The second kappa shape index (κ2) is 7.83. The Bertz CT molecular complexity index is 831. The van der Waals surface area contributed by atoms with Gasteiger partial charge in [-0.15, -0.1) is 0 Å². The van der Waals surface area contributed by atoms with Gasteiger partial charge >= 0.3 is 0 Å². The van der Waals surface area contributed by atoms with Crippen molar-refractivity contribution in [2.24, 2.45) is 5.92 Å². The molecule has 27 heavy (non-hydrogen) atoms. The summed E-state index contributed by atoms with van der Waals surface area (Å²) in [4.78, 5) is 28.5. The van der Waals surface area contributed by atoms with E-state index in [1.165, 1.54) is 5.56 Å². The largest absolute Gasteiger partial charge is 0.295 e. The minimum absolute atomic E-state index is 0.193. The van der Waals surface area contributed by atoms with Crippen molar-refractivity contribution in [2.75, 3.05) is 18.0 Å². The number of Topliss-reactive ketones (excluding diaryl/α,β-unsaturated/α-hetero) is 1. The molecule has 2 aliphatic rings. The first-order valence-corrected chi connectivity index (χ1v) is 9.89. The van der Waals surface area contributed by atoms with Crippen LogP contribution in [0.1, 0.15) is 24.8 Å². The monoisotopic (exact) mass is 382 g/mol. The molecule has 2 heterocycles. The molecule has 4 nitrogen and oxygen atoms in total. The van der Waals surface area contributed by atoms with Crippen molar-refractivity contribution in [2.45, 2.75) is 31.8 Å². The van der Waals surface area contributed by atoms with Crippen LogP contribution in [0.4, 0.5) is 5.69 Å². The van der Waals surface area contributed by atoms with E-state index in [2.05, 4.69) is 29.2 Å². The van der Waals surface area contributed by atoms with Gasteiger partial charge in [-0.3, -0.25) is 19.4 Å². The molecular weight excluding hydrogens is 360 g/mol. The highest BCUT2D eigenvalue weighted by Gasteiger charge is 2.43. The van der Waals surface area contributed by atoms with E-state index in [4.69, 9.17) is 11.6 Å². The highest BCUT2D eigenvalue weighted by atomic mass is 35.5. The molecule has 4 rings (SSSR count). The number of benzene rings is 2. The molecule has 0 bridgehead atoms. The molecule has 5 heteroatoms. The number of nitrogens with zero attached hydrogens (tertiary/aromatic N) is 2. The van der Waals surface area contributed by atoms with Gasteiger partial charge in [0.05, 0.1) is 12.6 Å². The minimum Gasteiger partial charge on any atom is -0.289 e. The molecule has 0 saturated carbocycles. The van der Waals surface area contributed by atoms with Gasteiger partial charge in [0, 0.05) is 23.8 Å². The van der Waals surface area contributed by atoms with Gasteiger partial charge < -0.3 is 0 Å². The third kappa shape index (κ3) is 3.92. The van der Waals surface area contributed by atoms with Gasteiger partial charge in [-0.1, -0.05) is 48.0 Å². The number of hydrogen-bond acceptors (Lipinski definition) is 3. The topological polar surface area (TPSA) is 40.6 Å². The van der Waals surface area contributed by atoms with Crippen molar-refractivity contribution in [1.29, 1.82) is 0 Å². The average molecular weight is 383 g/mol. The zero-order chi connectivity index (χ0) is 18.8. The Hall–Kier alpha value is -2.17. The Morgan fingerprint density at radius 3 is 2.41 bits per heavy atom. The summed E-state index contributed by atoms with van der Waals surface area (Å²) in [5, 5.41) is 0.569. The van der Waals surface area contributed by atoms with E-state index in [-0.39, 0.29) is 18.4 Å². The predicted octanol–water partition coefficient (Wildman–Crippen LogP) is 3.93. The fraction of sp³-hybridized carbons (Fsp3) is 0.364. The zero-order valence-electron chi connectivity index (χ0n) is 15.2. The molecule has 2 aromatic rings. The van der Waals surface area contributed by atoms with Crippen LogP contribution >= 0.6 is 11.6 Å². The lowest BCUT2D eigenvalue weighted by Crippen LogP contribution is -2.49. The van der Waals surface area contributed by atoms with Gasteiger partial charge in [-0.05, 0) is 48.9 Å². The molecule has 1 atom stereocenters. The lowest BCUT2D eigenvalue weighted by Gasteiger charge is -2.39. The number of ketones is 1. The number of carbonyl (C=O) groups is 2. The molecule has 0 aliphatic carbocycles. The molecule has 2 fully saturated rings. The zero-order valence-corrected chi connectivity index (χ0v) is 15.9. The second-order valence-corrected chi connectivity index (χ2v) is 7.87. The van der Waals surface area contributed by atoms with Crippen molar-refractivity contribution in [3.8, 4) is 0 Å². The van der Waals surface area contributed by atoms with Gasteiger partial charge in [-0.25, -0.2) is 0 Å². The van der Waals surface area contributed by atoms with E-state index in [0.29, 0.717) is 16.6 Å². The Balaban J connectivity index is 1.45. The maximum absolute atomic E-state index is 12.5. The van der Waals surface area contributed by atoms with Gasteiger partial charge in [-0.2, -0.15) is 0 Å². The molecule has 140 valence electrons. The third-order valence-corrected chi connectivity index (χ3v) is 5.88. The maximum Gasteiger partial charge on any atom is 0.295 e. The SMILES string of the molecule is O=C1C[C@@H](N2CCC(Cc3ccccc3)CC2)N(c2cccc(Cl)c2)C1=O. The van der Waals surface area contributed by atoms with E-state index in [9.17, 15) is 9.59 Å². The Kier molecular flexibility index (Phi) is 5.28. The smallest absolute Gasteiger partial charge is 0.289 e. The first kappa shape index (κ1) is 18.2. The highest BCUT2D eigenvalue weighted by Crippen LogP contribution is 2.32. The quantitative estimate of drug-likeness (QED) is 0.752. The molecule has 0 N–H and O–H groups in total. The Morgan fingerprint density at radius 1 is 0.963 bits per heavy atom. The van der Waals surface area contributed by atoms with Gasteiger partial charge in [0.1, 0.15) is 0 Å². The van der Waals surface area contributed by atoms with Crippen molar-refractivity contribution in [3.05, 3.63) is 65.2 Å². The molecule has 0 unspecified atom stereocenters. The summed E-state index contributed by atoms with van der Waals surface area (Å²) in [6, 6.07) is 17.8. The number of halogens is 1. The van der Waals surface area contributed by atoms with Crippen molar-refractivity contribution >= 4 is 29.0 Å². The molecular formula is C22H23ClN2O2. The van der Waals surface area contributed by atoms with E-state index in [0.717, 1.165) is 32.4 Å². The average Bonchev–Trinajstić information content (AvgIpc) is 2.98. The summed E-state index contributed by atoms with van der Waals surface area (Å²) in [6.45, 7) is 1.81. The summed E-state index contributed by atoms with van der Waals surface area (Å²) in [7, 11) is 0. The van der Waals surface area contributed by atoms with E-state index in [1.54, 1.807) is 17.0 Å². The predicted molar refractivity (Wildman–Crippen MR) is 107 cm³/mol. The summed E-state index contributed by atoms with van der Waals surface area (Å²) in [6.07, 6.45) is 3.32. The van der Waals surface area contributed by atoms with E-state index < -0.39 is 5.91 Å². The van der Waals surface area contributed by atoms with Crippen molar-refractivity contribution < 1.29 is 9.59 Å². The minimum atomic E-state index is -0.423. The number of carbonyl (C=O) groups excluding carboxylic acids is 2. The van der Waals surface area contributed by atoms with Crippen LogP contribution in [0.5, 0.6) is 0 Å². The Morgan fingerprint density at radius 2 is 1.70 bits per heavy atom. The number of likely N-dealkylation sites (tertiary alicyclic amines) is 1. The molecule has 0 radical (unpaired) electrons. The highest BCUT2D eigenvalue weighted by molar-refractivity contribution is 6.44. The summed E-state index contributed by atoms with van der Waals surface area (Å²) < 4.78 is 0. The number of rotatable bonds is 4. The van der Waals surface area contributed by atoms with Crippen molar-refractivity contribution in [1.82, 2.24) is 4.90 Å². The number of anilines is 1. The van der Waals surface area contributed by atoms with Gasteiger partial charge in [0.25, 0.3) is 5.91 Å². The molecule has 0 spiro atoms. The summed E-state index contributed by atoms with van der Waals surface area (Å²) in [5.41, 5.74) is 2.08. The van der Waals surface area contributed by atoms with Crippen LogP contribution < -0.4 is 4.90 Å². The second-order valence-electron chi connectivity index (χ2n) is 7.43. The van der Waals surface area contributed by atoms with Crippen LogP contribution in [0.2, 0.25) is 5.02 Å². The van der Waals surface area contributed by atoms with E-state index in [1.807, 2.05) is 18.2 Å². The van der Waals surface area contributed by atoms with E-state index >= 15 is 0 Å². The number of piperidine rings is 1. The maximum atomic E-state index is 12.5. The lowest BCUT2D eigenvalue weighted by atomic mass is 9.90. The van der Waals surface area contributed by atoms with Crippen LogP contribution in [-0.2, 0) is 16.0 Å². The fourth-order valence-electron chi connectivity index (χ4n) is 4.22. The summed E-state index contributed by atoms with van der Waals surface area (Å²) >= 11 is 6.10.